The van der Waals surface area contributed by atoms with E-state index >= 15 is 0 Å². The average molecular weight is 215 g/mol. The second kappa shape index (κ2) is 5.31. The first kappa shape index (κ1) is 11.4. The number of rotatable bonds is 4. The molecule has 0 heterocycles. The summed E-state index contributed by atoms with van der Waals surface area (Å²) < 4.78 is 0. The van der Waals surface area contributed by atoms with E-state index in [1.54, 1.807) is 5.57 Å². The first-order valence-electron chi connectivity index (χ1n) is 6.30. The van der Waals surface area contributed by atoms with E-state index in [9.17, 15) is 0 Å². The Morgan fingerprint density at radius 1 is 1.25 bits per heavy atom. The van der Waals surface area contributed by atoms with Crippen LogP contribution in [0.2, 0.25) is 0 Å². The highest BCUT2D eigenvalue weighted by molar-refractivity contribution is 5.31. The molecule has 1 aromatic carbocycles. The molecule has 1 atom stereocenters. The SMILES string of the molecule is CCNC(C1=CCCC1)c1ccc(C)cc1. The molecular formula is C15H21N. The summed E-state index contributed by atoms with van der Waals surface area (Å²) in [6.45, 7) is 5.34. The summed E-state index contributed by atoms with van der Waals surface area (Å²) in [5, 5.41) is 3.59. The summed E-state index contributed by atoms with van der Waals surface area (Å²) in [6, 6.07) is 9.35. The van der Waals surface area contributed by atoms with Crippen molar-refractivity contribution in [2.45, 2.75) is 39.2 Å². The summed E-state index contributed by atoms with van der Waals surface area (Å²) >= 11 is 0. The van der Waals surface area contributed by atoms with Crippen LogP contribution in [-0.2, 0) is 0 Å². The standard InChI is InChI=1S/C15H21N/c1-3-16-15(13-6-4-5-7-13)14-10-8-12(2)9-11-14/h6,8-11,15-16H,3-5,7H2,1-2H3. The van der Waals surface area contributed by atoms with E-state index < -0.39 is 0 Å². The third-order valence-electron chi connectivity index (χ3n) is 3.27. The number of nitrogens with one attached hydrogen (secondary N) is 1. The van der Waals surface area contributed by atoms with E-state index in [4.69, 9.17) is 0 Å². The van der Waals surface area contributed by atoms with Gasteiger partial charge in [-0.2, -0.15) is 0 Å². The number of likely N-dealkylation sites (N-methyl/N-ethyl adjacent to an activating group) is 1. The second-order valence-electron chi connectivity index (χ2n) is 4.57. The minimum Gasteiger partial charge on any atom is -0.307 e. The van der Waals surface area contributed by atoms with Crippen molar-refractivity contribution in [1.82, 2.24) is 5.32 Å². The average Bonchev–Trinajstić information content (AvgIpc) is 2.81. The van der Waals surface area contributed by atoms with E-state index in [-0.39, 0.29) is 0 Å². The van der Waals surface area contributed by atoms with Crippen molar-refractivity contribution < 1.29 is 0 Å². The van der Waals surface area contributed by atoms with E-state index in [2.05, 4.69) is 49.5 Å². The molecule has 0 radical (unpaired) electrons. The van der Waals surface area contributed by atoms with Gasteiger partial charge < -0.3 is 5.32 Å². The molecule has 0 spiro atoms. The lowest BCUT2D eigenvalue weighted by atomic mass is 9.97. The van der Waals surface area contributed by atoms with Gasteiger partial charge in [-0.3, -0.25) is 0 Å². The zero-order valence-electron chi connectivity index (χ0n) is 10.3. The fraction of sp³-hybridized carbons (Fsp3) is 0.467. The second-order valence-corrected chi connectivity index (χ2v) is 4.57. The van der Waals surface area contributed by atoms with Crippen LogP contribution in [0.1, 0.15) is 43.4 Å². The van der Waals surface area contributed by atoms with Gasteiger partial charge in [0.2, 0.25) is 0 Å². The largest absolute Gasteiger partial charge is 0.307 e. The van der Waals surface area contributed by atoms with E-state index in [0.29, 0.717) is 6.04 Å². The van der Waals surface area contributed by atoms with Crippen LogP contribution in [0.15, 0.2) is 35.9 Å². The zero-order chi connectivity index (χ0) is 11.4. The predicted molar refractivity (Wildman–Crippen MR) is 69.5 cm³/mol. The Morgan fingerprint density at radius 3 is 2.56 bits per heavy atom. The van der Waals surface area contributed by atoms with E-state index in [0.717, 1.165) is 6.54 Å². The summed E-state index contributed by atoms with van der Waals surface area (Å²) in [5.41, 5.74) is 4.31. The van der Waals surface area contributed by atoms with Gasteiger partial charge >= 0.3 is 0 Å². The number of benzene rings is 1. The van der Waals surface area contributed by atoms with Crippen molar-refractivity contribution in [3.8, 4) is 0 Å². The van der Waals surface area contributed by atoms with Crippen LogP contribution in [0.25, 0.3) is 0 Å². The molecule has 0 bridgehead atoms. The van der Waals surface area contributed by atoms with Gasteiger partial charge in [0.05, 0.1) is 6.04 Å². The van der Waals surface area contributed by atoms with Gasteiger partial charge in [-0.1, -0.05) is 48.4 Å². The van der Waals surface area contributed by atoms with Crippen molar-refractivity contribution in [1.29, 1.82) is 0 Å². The smallest absolute Gasteiger partial charge is 0.0535 e. The Labute approximate surface area is 98.6 Å². The molecular weight excluding hydrogens is 194 g/mol. The quantitative estimate of drug-likeness (QED) is 0.754. The summed E-state index contributed by atoms with van der Waals surface area (Å²) in [7, 11) is 0. The third-order valence-corrected chi connectivity index (χ3v) is 3.27. The fourth-order valence-electron chi connectivity index (χ4n) is 2.38. The lowest BCUT2D eigenvalue weighted by Crippen LogP contribution is -2.22. The lowest BCUT2D eigenvalue weighted by Gasteiger charge is -2.20. The van der Waals surface area contributed by atoms with Crippen molar-refractivity contribution in [2.24, 2.45) is 0 Å². The van der Waals surface area contributed by atoms with Crippen molar-refractivity contribution in [2.75, 3.05) is 6.54 Å². The van der Waals surface area contributed by atoms with Crippen LogP contribution >= 0.6 is 0 Å². The molecule has 0 amide bonds. The van der Waals surface area contributed by atoms with Gasteiger partial charge in [-0.15, -0.1) is 0 Å². The molecule has 1 unspecified atom stereocenters. The van der Waals surface area contributed by atoms with Gasteiger partial charge in [0.1, 0.15) is 0 Å². The minimum atomic E-state index is 0.438. The van der Waals surface area contributed by atoms with Crippen molar-refractivity contribution in [3.63, 3.8) is 0 Å². The maximum atomic E-state index is 3.59. The fourth-order valence-corrected chi connectivity index (χ4v) is 2.38. The van der Waals surface area contributed by atoms with Gasteiger partial charge in [0.25, 0.3) is 0 Å². The molecule has 0 fully saturated rings. The number of allylic oxidation sites excluding steroid dienone is 1. The minimum absolute atomic E-state index is 0.438. The maximum Gasteiger partial charge on any atom is 0.0535 e. The molecule has 16 heavy (non-hydrogen) atoms. The van der Waals surface area contributed by atoms with Crippen LogP contribution in [0.3, 0.4) is 0 Å². The molecule has 1 aromatic rings. The number of hydrogen-bond acceptors (Lipinski definition) is 1. The van der Waals surface area contributed by atoms with Crippen molar-refractivity contribution in [3.05, 3.63) is 47.0 Å². The molecule has 86 valence electrons. The molecule has 1 nitrogen and oxygen atoms in total. The van der Waals surface area contributed by atoms with Crippen LogP contribution in [0.4, 0.5) is 0 Å². The van der Waals surface area contributed by atoms with Crippen LogP contribution in [0.5, 0.6) is 0 Å². The number of hydrogen-bond donors (Lipinski definition) is 1. The van der Waals surface area contributed by atoms with Crippen molar-refractivity contribution >= 4 is 0 Å². The van der Waals surface area contributed by atoms with Crippen LogP contribution in [0, 0.1) is 6.92 Å². The molecule has 1 aliphatic carbocycles. The van der Waals surface area contributed by atoms with E-state index in [1.807, 2.05) is 0 Å². The molecule has 1 N–H and O–H groups in total. The molecule has 1 heteroatoms. The molecule has 0 saturated heterocycles. The van der Waals surface area contributed by atoms with Gasteiger partial charge in [0.15, 0.2) is 0 Å². The highest BCUT2D eigenvalue weighted by Gasteiger charge is 2.17. The highest BCUT2D eigenvalue weighted by atomic mass is 14.9. The summed E-state index contributed by atoms with van der Waals surface area (Å²) in [6.07, 6.45) is 6.24. The molecule has 0 aliphatic heterocycles. The Hall–Kier alpha value is -1.08. The molecule has 0 aromatic heterocycles. The monoisotopic (exact) mass is 215 g/mol. The highest BCUT2D eigenvalue weighted by Crippen LogP contribution is 2.30. The van der Waals surface area contributed by atoms with Crippen LogP contribution < -0.4 is 5.32 Å². The predicted octanol–water partition coefficient (Wildman–Crippen LogP) is 3.76. The Morgan fingerprint density at radius 2 is 2.00 bits per heavy atom. The Kier molecular flexibility index (Phi) is 3.79. The summed E-state index contributed by atoms with van der Waals surface area (Å²) in [5.74, 6) is 0. The molecule has 0 saturated carbocycles. The topological polar surface area (TPSA) is 12.0 Å². The lowest BCUT2D eigenvalue weighted by molar-refractivity contribution is 0.605. The van der Waals surface area contributed by atoms with Crippen LogP contribution in [-0.4, -0.2) is 6.54 Å². The van der Waals surface area contributed by atoms with E-state index in [1.165, 1.54) is 30.4 Å². The Bertz CT molecular complexity index is 362. The Balaban J connectivity index is 2.21. The van der Waals surface area contributed by atoms with Gasteiger partial charge in [-0.05, 0) is 38.3 Å². The van der Waals surface area contributed by atoms with Gasteiger partial charge in [-0.25, -0.2) is 0 Å². The molecule has 2 rings (SSSR count). The normalized spacial score (nSPS) is 17.2. The maximum absolute atomic E-state index is 3.59. The first-order chi connectivity index (χ1) is 7.81. The number of aryl methyl sites for hydroxylation is 1. The summed E-state index contributed by atoms with van der Waals surface area (Å²) in [4.78, 5) is 0. The third kappa shape index (κ3) is 2.53. The zero-order valence-corrected chi connectivity index (χ0v) is 10.3. The molecule has 1 aliphatic rings. The van der Waals surface area contributed by atoms with Gasteiger partial charge in [0, 0.05) is 0 Å². The first-order valence-corrected chi connectivity index (χ1v) is 6.30.